The van der Waals surface area contributed by atoms with E-state index in [4.69, 9.17) is 9.47 Å². The highest BCUT2D eigenvalue weighted by atomic mass is 32.2. The number of esters is 1. The van der Waals surface area contributed by atoms with Gasteiger partial charge in [0, 0.05) is 11.3 Å². The monoisotopic (exact) mass is 556 g/mol. The van der Waals surface area contributed by atoms with Crippen molar-refractivity contribution >= 4 is 35.3 Å². The molecule has 3 aromatic rings. The number of hydrogen-bond donors (Lipinski definition) is 1. The number of ether oxygens (including phenoxy) is 2. The van der Waals surface area contributed by atoms with Gasteiger partial charge in [0.2, 0.25) is 5.91 Å². The number of benzene rings is 3. The molecule has 3 unspecified atom stereocenters. The molecule has 8 nitrogen and oxygen atoms in total. The number of nitrogens with one attached hydrogen (secondary N) is 1. The summed E-state index contributed by atoms with van der Waals surface area (Å²) in [5.74, 6) is -1.52. The zero-order chi connectivity index (χ0) is 28.1. The summed E-state index contributed by atoms with van der Waals surface area (Å²) in [6.45, 7) is 3.73. The molecule has 9 heteroatoms. The molecule has 3 aromatic carbocycles. The van der Waals surface area contributed by atoms with Gasteiger partial charge in [0.05, 0.1) is 6.61 Å². The van der Waals surface area contributed by atoms with E-state index < -0.39 is 48.0 Å². The number of thioether (sulfide) groups is 1. The molecule has 2 heterocycles. The molecule has 4 atom stereocenters. The van der Waals surface area contributed by atoms with Crippen molar-refractivity contribution in [3.05, 3.63) is 120 Å². The Bertz CT molecular complexity index is 1400. The molecular weight excluding hydrogens is 528 g/mol. The maximum absolute atomic E-state index is 13.4. The summed E-state index contributed by atoms with van der Waals surface area (Å²) < 4.78 is 11.3. The van der Waals surface area contributed by atoms with Gasteiger partial charge in [-0.15, -0.1) is 11.8 Å². The number of carbonyl (C=O) groups excluding carboxylic acids is 4. The van der Waals surface area contributed by atoms with E-state index in [0.717, 1.165) is 5.56 Å². The Hall–Kier alpha value is -4.21. The second-order valence-electron chi connectivity index (χ2n) is 9.48. The van der Waals surface area contributed by atoms with Gasteiger partial charge in [-0.1, -0.05) is 97.6 Å². The molecule has 0 aliphatic carbocycles. The van der Waals surface area contributed by atoms with Crippen LogP contribution in [0.5, 0.6) is 0 Å². The molecule has 2 amide bonds. The minimum atomic E-state index is -1.02. The molecule has 2 aliphatic rings. The van der Waals surface area contributed by atoms with Gasteiger partial charge < -0.3 is 19.7 Å². The van der Waals surface area contributed by atoms with E-state index in [1.54, 1.807) is 42.5 Å². The second-order valence-corrected chi connectivity index (χ2v) is 10.6. The molecule has 2 aliphatic heterocycles. The number of nitrogens with zero attached hydrogens (tertiary/aromatic N) is 1. The maximum Gasteiger partial charge on any atom is 0.333 e. The van der Waals surface area contributed by atoms with Crippen molar-refractivity contribution in [2.75, 3.05) is 12.4 Å². The number of carbonyl (C=O) groups is 4. The van der Waals surface area contributed by atoms with Crippen molar-refractivity contribution in [1.29, 1.82) is 0 Å². The van der Waals surface area contributed by atoms with Crippen LogP contribution in [0.3, 0.4) is 0 Å². The Morgan fingerprint density at radius 2 is 1.57 bits per heavy atom. The summed E-state index contributed by atoms with van der Waals surface area (Å²) in [4.78, 5) is 53.4. The van der Waals surface area contributed by atoms with Crippen LogP contribution in [0.15, 0.2) is 103 Å². The minimum Gasteiger partial charge on any atom is -0.455 e. The van der Waals surface area contributed by atoms with Gasteiger partial charge >= 0.3 is 5.97 Å². The summed E-state index contributed by atoms with van der Waals surface area (Å²) in [6.07, 6.45) is -0.934. The lowest BCUT2D eigenvalue weighted by molar-refractivity contribution is -0.163. The van der Waals surface area contributed by atoms with Crippen LogP contribution in [-0.2, 0) is 30.5 Å². The Morgan fingerprint density at radius 1 is 0.950 bits per heavy atom. The average Bonchev–Trinajstić information content (AvgIpc) is 3.00. The lowest BCUT2D eigenvalue weighted by Crippen LogP contribution is -2.75. The summed E-state index contributed by atoms with van der Waals surface area (Å²) in [7, 11) is 0. The Morgan fingerprint density at radius 3 is 2.25 bits per heavy atom. The van der Waals surface area contributed by atoms with Crippen LogP contribution < -0.4 is 5.32 Å². The number of fused-ring (bicyclic) bond motifs is 1. The first-order chi connectivity index (χ1) is 19.4. The number of ketones is 1. The predicted octanol–water partition coefficient (Wildman–Crippen LogP) is 3.70. The Labute approximate surface area is 236 Å². The first-order valence-electron chi connectivity index (χ1n) is 12.8. The molecule has 2 saturated heterocycles. The lowest BCUT2D eigenvalue weighted by atomic mass is 9.98. The van der Waals surface area contributed by atoms with E-state index in [9.17, 15) is 19.2 Å². The average molecular weight is 557 g/mol. The third kappa shape index (κ3) is 5.85. The number of hydrogen-bond acceptors (Lipinski definition) is 7. The molecular formula is C31H28N2O6S. The smallest absolute Gasteiger partial charge is 0.333 e. The standard InChI is InChI=1S/C31H28N2O6S/c1-20-19-40-30-25(29(36)33(30)26(20)31(37)39-18-24(34)22-13-7-3-8-14-22)32-28(35)27(23-15-9-4-10-16-23)38-17-21-11-5-2-6-12-21/h2-16,25-27,30H,1,17-19H2,(H,32,35)/t25?,26?,27?,30-/m1/s1. The molecule has 0 aromatic heterocycles. The molecule has 5 rings (SSSR count). The number of rotatable bonds is 10. The zero-order valence-corrected chi connectivity index (χ0v) is 22.4. The highest BCUT2D eigenvalue weighted by Gasteiger charge is 2.56. The van der Waals surface area contributed by atoms with Gasteiger partial charge in [-0.2, -0.15) is 0 Å². The lowest BCUT2D eigenvalue weighted by Gasteiger charge is -2.52. The van der Waals surface area contributed by atoms with Crippen LogP contribution in [0, 0.1) is 0 Å². The molecule has 0 saturated carbocycles. The zero-order valence-electron chi connectivity index (χ0n) is 21.6. The van der Waals surface area contributed by atoms with E-state index in [1.165, 1.54) is 16.7 Å². The van der Waals surface area contributed by atoms with Crippen LogP contribution in [-0.4, -0.2) is 58.3 Å². The quantitative estimate of drug-likeness (QED) is 0.176. The fourth-order valence-electron chi connectivity index (χ4n) is 4.68. The molecule has 0 spiro atoms. The van der Waals surface area contributed by atoms with E-state index in [-0.39, 0.29) is 12.4 Å². The molecule has 2 fully saturated rings. The van der Waals surface area contributed by atoms with Crippen molar-refractivity contribution < 1.29 is 28.7 Å². The Balaban J connectivity index is 1.24. The molecule has 0 radical (unpaired) electrons. The first kappa shape index (κ1) is 27.4. The van der Waals surface area contributed by atoms with Gasteiger partial charge in [0.25, 0.3) is 5.91 Å². The van der Waals surface area contributed by atoms with Gasteiger partial charge in [0.1, 0.15) is 11.4 Å². The third-order valence-electron chi connectivity index (χ3n) is 6.75. The van der Waals surface area contributed by atoms with Crippen molar-refractivity contribution in [2.45, 2.75) is 30.2 Å². The van der Waals surface area contributed by atoms with Crippen LogP contribution in [0.25, 0.3) is 0 Å². The largest absolute Gasteiger partial charge is 0.455 e. The van der Waals surface area contributed by atoms with E-state index >= 15 is 0 Å². The molecule has 1 N–H and O–H groups in total. The number of Topliss-reactive ketones (excluding diaryl/α,β-unsaturated/α-hetero) is 1. The van der Waals surface area contributed by atoms with Crippen molar-refractivity contribution in [1.82, 2.24) is 10.2 Å². The highest BCUT2D eigenvalue weighted by molar-refractivity contribution is 8.00. The fourth-order valence-corrected chi connectivity index (χ4v) is 5.98. The van der Waals surface area contributed by atoms with Gasteiger partial charge in [-0.3, -0.25) is 14.4 Å². The second kappa shape index (κ2) is 12.3. The van der Waals surface area contributed by atoms with Crippen LogP contribution in [0.1, 0.15) is 27.6 Å². The van der Waals surface area contributed by atoms with Crippen LogP contribution in [0.4, 0.5) is 0 Å². The SMILES string of the molecule is C=C1CS[C@@H]2C(NC(=O)C(OCc3ccccc3)c3ccccc3)C(=O)N2C1C(=O)OCC(=O)c1ccccc1. The molecule has 204 valence electrons. The van der Waals surface area contributed by atoms with E-state index in [0.29, 0.717) is 22.5 Å². The van der Waals surface area contributed by atoms with Crippen molar-refractivity contribution in [2.24, 2.45) is 0 Å². The maximum atomic E-state index is 13.4. The predicted molar refractivity (Wildman–Crippen MR) is 150 cm³/mol. The Kier molecular flexibility index (Phi) is 8.42. The first-order valence-corrected chi connectivity index (χ1v) is 13.9. The normalized spacial score (nSPS) is 20.6. The minimum absolute atomic E-state index is 0.214. The topological polar surface area (TPSA) is 102 Å². The highest BCUT2D eigenvalue weighted by Crippen LogP contribution is 2.40. The van der Waals surface area contributed by atoms with Crippen molar-refractivity contribution in [3.63, 3.8) is 0 Å². The van der Waals surface area contributed by atoms with Crippen molar-refractivity contribution in [3.8, 4) is 0 Å². The van der Waals surface area contributed by atoms with E-state index in [2.05, 4.69) is 11.9 Å². The fraction of sp³-hybridized carbons (Fsp3) is 0.226. The third-order valence-corrected chi connectivity index (χ3v) is 8.12. The summed E-state index contributed by atoms with van der Waals surface area (Å²) in [6, 6.07) is 25.2. The molecule has 0 bridgehead atoms. The number of β-lactam (4-membered cyclic amide) rings is 1. The summed E-state index contributed by atoms with van der Waals surface area (Å²) >= 11 is 1.41. The van der Waals surface area contributed by atoms with Crippen LogP contribution >= 0.6 is 11.8 Å². The number of amides is 2. The summed E-state index contributed by atoms with van der Waals surface area (Å²) in [5.41, 5.74) is 2.51. The van der Waals surface area contributed by atoms with Gasteiger partial charge in [-0.25, -0.2) is 4.79 Å². The summed E-state index contributed by atoms with van der Waals surface area (Å²) in [5, 5.41) is 2.36. The van der Waals surface area contributed by atoms with E-state index in [1.807, 2.05) is 48.5 Å². The van der Waals surface area contributed by atoms with Gasteiger partial charge in [-0.05, 0) is 16.7 Å². The van der Waals surface area contributed by atoms with Crippen LogP contribution in [0.2, 0.25) is 0 Å². The molecule has 40 heavy (non-hydrogen) atoms. The van der Waals surface area contributed by atoms with Gasteiger partial charge in [0.15, 0.2) is 24.5 Å².